The van der Waals surface area contributed by atoms with Crippen LogP contribution >= 0.6 is 0 Å². The van der Waals surface area contributed by atoms with Crippen molar-refractivity contribution in [2.24, 2.45) is 0 Å². The summed E-state index contributed by atoms with van der Waals surface area (Å²) in [4.78, 5) is 81.7. The van der Waals surface area contributed by atoms with Gasteiger partial charge in [0, 0.05) is 57.7 Å². The van der Waals surface area contributed by atoms with Gasteiger partial charge in [-0.2, -0.15) is 0 Å². The van der Waals surface area contributed by atoms with Crippen molar-refractivity contribution in [2.45, 2.75) is 12.8 Å². The summed E-state index contributed by atoms with van der Waals surface area (Å²) in [5.74, 6) is -0.540. The SMILES string of the molecule is O=C(ON1C(=O)CCC1=O)c1ccc2c(c1)-c1nc-2nc2[n-]c(nc3nc(nc4[n-]c(n1)c1ccccc41)-c1ccccc1-3)c1ccccc21.[Zn+2]. The molecule has 0 spiro atoms. The molecular formula is C37H19N9O4Zn. The Hall–Kier alpha value is -6.53. The fourth-order valence-corrected chi connectivity index (χ4v) is 6.43. The van der Waals surface area contributed by atoms with Crippen molar-refractivity contribution in [3.05, 3.63) is 96.6 Å². The summed E-state index contributed by atoms with van der Waals surface area (Å²) < 4.78 is 0. The number of carbonyl (C=O) groups excluding carboxylic acids is 3. The Labute approximate surface area is 299 Å². The van der Waals surface area contributed by atoms with E-state index in [0.717, 1.165) is 32.7 Å². The van der Waals surface area contributed by atoms with Gasteiger partial charge in [-0.3, -0.25) is 9.59 Å². The third-order valence-corrected chi connectivity index (χ3v) is 8.84. The zero-order chi connectivity index (χ0) is 33.5. The number of fused-ring (bicyclic) bond motifs is 20. The third-order valence-electron chi connectivity index (χ3n) is 8.84. The van der Waals surface area contributed by atoms with Gasteiger partial charge in [-0.15, -0.1) is 5.06 Å². The molecule has 0 atom stereocenters. The van der Waals surface area contributed by atoms with E-state index in [4.69, 9.17) is 44.7 Å². The maximum absolute atomic E-state index is 13.2. The van der Waals surface area contributed by atoms with E-state index in [2.05, 4.69) is 0 Å². The first-order valence-corrected chi connectivity index (χ1v) is 15.7. The second-order valence-corrected chi connectivity index (χ2v) is 11.8. The Balaban J connectivity index is 0.00000348. The van der Waals surface area contributed by atoms with Crippen molar-refractivity contribution in [3.63, 3.8) is 0 Å². The van der Waals surface area contributed by atoms with Crippen LogP contribution in [-0.2, 0) is 33.9 Å². The van der Waals surface area contributed by atoms with Gasteiger partial charge in [-0.25, -0.2) is 14.8 Å². The number of carbonyl (C=O) groups is 3. The van der Waals surface area contributed by atoms with Crippen molar-refractivity contribution < 1.29 is 38.7 Å². The minimum Gasteiger partial charge on any atom is -0.357 e. The summed E-state index contributed by atoms with van der Waals surface area (Å²) in [6.45, 7) is 0. The fraction of sp³-hybridized carbons (Fsp3) is 0.0541. The number of hydrogen-bond acceptors (Lipinski definition) is 10. The van der Waals surface area contributed by atoms with Gasteiger partial charge < -0.3 is 34.7 Å². The average molecular weight is 719 g/mol. The Morgan fingerprint density at radius 3 is 1.37 bits per heavy atom. The topological polar surface area (TPSA) is 169 Å². The van der Waals surface area contributed by atoms with E-state index >= 15 is 0 Å². The molecule has 51 heavy (non-hydrogen) atoms. The Morgan fingerprint density at radius 1 is 0.529 bits per heavy atom. The van der Waals surface area contributed by atoms with Gasteiger partial charge in [0.2, 0.25) is 0 Å². The molecule has 0 unspecified atom stereocenters. The van der Waals surface area contributed by atoms with Crippen LogP contribution < -0.4 is 9.97 Å². The first kappa shape index (κ1) is 30.5. The van der Waals surface area contributed by atoms with E-state index in [9.17, 15) is 14.4 Å². The minimum absolute atomic E-state index is 0. The number of nitrogens with zero attached hydrogens (tertiary/aromatic N) is 9. The van der Waals surface area contributed by atoms with Gasteiger partial charge in [0.05, 0.1) is 28.9 Å². The summed E-state index contributed by atoms with van der Waals surface area (Å²) in [6, 6.07) is 27.8. The van der Waals surface area contributed by atoms with E-state index in [-0.39, 0.29) is 43.7 Å². The maximum atomic E-state index is 13.2. The normalized spacial score (nSPS) is 13.3. The molecule has 14 heteroatoms. The molecule has 8 bridgehead atoms. The quantitative estimate of drug-likeness (QED) is 0.166. The molecule has 13 nitrogen and oxygen atoms in total. The monoisotopic (exact) mass is 717 g/mol. The summed E-state index contributed by atoms with van der Waals surface area (Å²) in [5.41, 5.74) is 4.39. The summed E-state index contributed by atoms with van der Waals surface area (Å²) in [6.07, 6.45) is -0.0291. The molecule has 3 aliphatic rings. The first-order valence-electron chi connectivity index (χ1n) is 15.7. The largest absolute Gasteiger partial charge is 2.00 e. The zero-order valence-electron chi connectivity index (χ0n) is 26.4. The average Bonchev–Trinajstić information content (AvgIpc) is 3.93. The molecule has 0 saturated carbocycles. The number of benzene rings is 4. The standard InChI is InChI=1S/C37H20N9O4.Zn/c47-27-15-16-28(48)46(27)50-37(49)18-13-14-25-26(17-18)36-44-34-24-12-6-5-11-23(24)32(42-34)40-30-20-8-2-1-7-19(20)29(38-30)39-31-21-9-3-4-10-22(21)33(41-31)43-35(25)45-36;/h1-14,17H,15-16H2,(H-,38,39,40,41,42,43,44,45,49);/q-1;+2/p-1. The molecule has 0 radical (unpaired) electrons. The number of imide groups is 1. The van der Waals surface area contributed by atoms with E-state index in [0.29, 0.717) is 56.3 Å². The molecule has 3 aliphatic heterocycles. The molecule has 1 saturated heterocycles. The molecule has 0 N–H and O–H groups in total. The zero-order valence-corrected chi connectivity index (χ0v) is 29.4. The van der Waals surface area contributed by atoms with Crippen molar-refractivity contribution >= 4 is 61.9 Å². The number of hydroxylamine groups is 2. The van der Waals surface area contributed by atoms with E-state index < -0.39 is 17.8 Å². The summed E-state index contributed by atoms with van der Waals surface area (Å²) >= 11 is 0. The van der Waals surface area contributed by atoms with Gasteiger partial charge in [-0.1, -0.05) is 78.9 Å². The Morgan fingerprint density at radius 2 is 0.922 bits per heavy atom. The first-order chi connectivity index (χ1) is 24.5. The predicted octanol–water partition coefficient (Wildman–Crippen LogP) is 5.35. The third kappa shape index (κ3) is 4.83. The van der Waals surface area contributed by atoms with Gasteiger partial charge in [0.15, 0.2) is 0 Å². The molecule has 7 aromatic rings. The summed E-state index contributed by atoms with van der Waals surface area (Å²) in [5, 5.41) is 3.56. The van der Waals surface area contributed by atoms with Gasteiger partial charge >= 0.3 is 25.4 Å². The van der Waals surface area contributed by atoms with E-state index in [1.165, 1.54) is 6.07 Å². The molecule has 238 valence electrons. The molecule has 1 fully saturated rings. The van der Waals surface area contributed by atoms with Gasteiger partial charge in [0.1, 0.15) is 0 Å². The summed E-state index contributed by atoms with van der Waals surface area (Å²) in [7, 11) is 0. The van der Waals surface area contributed by atoms with Crippen molar-refractivity contribution in [1.82, 2.24) is 44.9 Å². The van der Waals surface area contributed by atoms with Crippen molar-refractivity contribution in [2.75, 3.05) is 0 Å². The van der Waals surface area contributed by atoms with Gasteiger partial charge in [0.25, 0.3) is 11.8 Å². The molecule has 4 aromatic carbocycles. The van der Waals surface area contributed by atoms with Crippen molar-refractivity contribution in [3.8, 4) is 45.6 Å². The van der Waals surface area contributed by atoms with Crippen LogP contribution in [0.1, 0.15) is 23.2 Å². The number of hydrogen-bond donors (Lipinski definition) is 0. The van der Waals surface area contributed by atoms with E-state index in [1.54, 1.807) is 12.1 Å². The van der Waals surface area contributed by atoms with Crippen molar-refractivity contribution in [1.29, 1.82) is 0 Å². The Bertz CT molecular complexity index is 2830. The van der Waals surface area contributed by atoms with Crippen LogP contribution in [0.3, 0.4) is 0 Å². The van der Waals surface area contributed by atoms with E-state index in [1.807, 2.05) is 72.8 Å². The number of amides is 2. The van der Waals surface area contributed by atoms with Crippen LogP contribution in [0.25, 0.3) is 89.7 Å². The number of aromatic nitrogens is 8. The van der Waals surface area contributed by atoms with Crippen LogP contribution in [0.2, 0.25) is 0 Å². The maximum Gasteiger partial charge on any atom is 2.00 e. The molecule has 3 aromatic heterocycles. The second kappa shape index (κ2) is 11.5. The molecule has 0 aliphatic carbocycles. The van der Waals surface area contributed by atoms with Crippen LogP contribution in [0.15, 0.2) is 91.0 Å². The molecule has 10 rings (SSSR count). The van der Waals surface area contributed by atoms with Crippen LogP contribution in [0.5, 0.6) is 0 Å². The smallest absolute Gasteiger partial charge is 0.357 e. The molecular weight excluding hydrogens is 700 g/mol. The molecule has 6 heterocycles. The molecule has 2 amide bonds. The van der Waals surface area contributed by atoms with Crippen LogP contribution in [-0.4, -0.2) is 52.8 Å². The van der Waals surface area contributed by atoms with Crippen LogP contribution in [0.4, 0.5) is 0 Å². The Kier molecular flexibility index (Phi) is 6.90. The second-order valence-electron chi connectivity index (χ2n) is 11.8. The van der Waals surface area contributed by atoms with Gasteiger partial charge in [-0.05, 0) is 33.7 Å². The van der Waals surface area contributed by atoms with Crippen LogP contribution in [0, 0.1) is 0 Å². The fourth-order valence-electron chi connectivity index (χ4n) is 6.43. The predicted molar refractivity (Wildman–Crippen MR) is 180 cm³/mol. The number of rotatable bonds is 2. The minimum atomic E-state index is -0.874.